The van der Waals surface area contributed by atoms with Gasteiger partial charge in [0.25, 0.3) is 0 Å². The van der Waals surface area contributed by atoms with Crippen LogP contribution in [0.25, 0.3) is 0 Å². The van der Waals surface area contributed by atoms with Crippen molar-refractivity contribution in [3.05, 3.63) is 12.2 Å². The lowest BCUT2D eigenvalue weighted by Crippen LogP contribution is -2.52. The molecule has 4 rings (SSSR count). The lowest BCUT2D eigenvalue weighted by molar-refractivity contribution is -0.0944. The molecule has 7 unspecified atom stereocenters. The minimum atomic E-state index is -0.0270. The van der Waals surface area contributed by atoms with Crippen LogP contribution in [-0.2, 0) is 0 Å². The van der Waals surface area contributed by atoms with E-state index in [9.17, 15) is 5.11 Å². The molecular weight excluding hydrogens is 244 g/mol. The molecule has 0 aromatic rings. The predicted molar refractivity (Wildman–Crippen MR) is 82.3 cm³/mol. The molecular formula is C19H30O. The molecule has 0 saturated heterocycles. The van der Waals surface area contributed by atoms with Crippen LogP contribution in [-0.4, -0.2) is 11.2 Å². The fourth-order valence-corrected chi connectivity index (χ4v) is 6.79. The molecule has 0 aromatic heterocycles. The van der Waals surface area contributed by atoms with Gasteiger partial charge in [0.15, 0.2) is 0 Å². The van der Waals surface area contributed by atoms with Crippen LogP contribution in [0.3, 0.4) is 0 Å². The summed E-state index contributed by atoms with van der Waals surface area (Å²) in [6.45, 7) is 4.94. The van der Waals surface area contributed by atoms with E-state index in [-0.39, 0.29) is 11.5 Å². The molecule has 0 spiro atoms. The van der Waals surface area contributed by atoms with Crippen LogP contribution in [0, 0.1) is 34.5 Å². The largest absolute Gasteiger partial charge is 0.393 e. The number of allylic oxidation sites excluding steroid dienone is 2. The summed E-state index contributed by atoms with van der Waals surface area (Å²) < 4.78 is 0. The molecule has 20 heavy (non-hydrogen) atoms. The summed E-state index contributed by atoms with van der Waals surface area (Å²) in [5.41, 5.74) is 0.707. The average molecular weight is 274 g/mol. The van der Waals surface area contributed by atoms with E-state index < -0.39 is 0 Å². The van der Waals surface area contributed by atoms with Gasteiger partial charge < -0.3 is 5.11 Å². The minimum Gasteiger partial charge on any atom is -0.393 e. The smallest absolute Gasteiger partial charge is 0.0596 e. The van der Waals surface area contributed by atoms with Gasteiger partial charge in [-0.15, -0.1) is 0 Å². The van der Waals surface area contributed by atoms with Crippen LogP contribution in [0.1, 0.15) is 65.2 Å². The van der Waals surface area contributed by atoms with Crippen molar-refractivity contribution in [3.63, 3.8) is 0 Å². The molecule has 0 aromatic carbocycles. The van der Waals surface area contributed by atoms with Gasteiger partial charge in [-0.05, 0) is 85.9 Å². The van der Waals surface area contributed by atoms with Crippen molar-refractivity contribution in [2.24, 2.45) is 34.5 Å². The van der Waals surface area contributed by atoms with Gasteiger partial charge in [0.2, 0.25) is 0 Å². The zero-order chi connectivity index (χ0) is 14.0. The van der Waals surface area contributed by atoms with Crippen molar-refractivity contribution in [2.45, 2.75) is 71.3 Å². The highest BCUT2D eigenvalue weighted by molar-refractivity contribution is 5.15. The molecule has 4 aliphatic carbocycles. The summed E-state index contributed by atoms with van der Waals surface area (Å²) in [5, 5.41) is 10.5. The molecule has 112 valence electrons. The van der Waals surface area contributed by atoms with Crippen LogP contribution in [0.5, 0.6) is 0 Å². The molecule has 3 saturated carbocycles. The van der Waals surface area contributed by atoms with Gasteiger partial charge in [0.05, 0.1) is 6.10 Å². The van der Waals surface area contributed by atoms with Crippen LogP contribution in [0.2, 0.25) is 0 Å². The first kappa shape index (κ1) is 13.4. The Morgan fingerprint density at radius 1 is 0.950 bits per heavy atom. The zero-order valence-corrected chi connectivity index (χ0v) is 13.1. The molecule has 1 N–H and O–H groups in total. The van der Waals surface area contributed by atoms with E-state index >= 15 is 0 Å². The maximum Gasteiger partial charge on any atom is 0.0596 e. The van der Waals surface area contributed by atoms with Crippen molar-refractivity contribution in [1.82, 2.24) is 0 Å². The van der Waals surface area contributed by atoms with Crippen molar-refractivity contribution in [3.8, 4) is 0 Å². The molecule has 4 aliphatic rings. The summed E-state index contributed by atoms with van der Waals surface area (Å²) in [6.07, 6.45) is 15.6. The van der Waals surface area contributed by atoms with Crippen molar-refractivity contribution >= 4 is 0 Å². The Hall–Kier alpha value is -0.300. The first-order chi connectivity index (χ1) is 9.56. The van der Waals surface area contributed by atoms with E-state index in [2.05, 4.69) is 26.0 Å². The minimum absolute atomic E-state index is 0.0270. The van der Waals surface area contributed by atoms with Gasteiger partial charge in [0, 0.05) is 0 Å². The highest BCUT2D eigenvalue weighted by atomic mass is 16.3. The van der Waals surface area contributed by atoms with Crippen molar-refractivity contribution < 1.29 is 5.11 Å². The first-order valence-electron chi connectivity index (χ1n) is 8.91. The van der Waals surface area contributed by atoms with E-state index in [4.69, 9.17) is 0 Å². The normalized spacial score (nSPS) is 57.9. The van der Waals surface area contributed by atoms with Crippen LogP contribution >= 0.6 is 0 Å². The molecule has 0 aliphatic heterocycles. The Balaban J connectivity index is 1.68. The quantitative estimate of drug-likeness (QED) is 0.642. The van der Waals surface area contributed by atoms with Gasteiger partial charge in [-0.2, -0.15) is 0 Å². The lowest BCUT2D eigenvalue weighted by atomic mass is 9.46. The highest BCUT2D eigenvalue weighted by Crippen LogP contribution is 2.65. The Morgan fingerprint density at radius 2 is 1.80 bits per heavy atom. The third-order valence-electron chi connectivity index (χ3n) is 8.07. The van der Waals surface area contributed by atoms with Crippen LogP contribution in [0.4, 0.5) is 0 Å². The molecule has 0 heterocycles. The third kappa shape index (κ3) is 1.59. The van der Waals surface area contributed by atoms with Crippen LogP contribution in [0.15, 0.2) is 12.2 Å². The number of aliphatic hydroxyl groups excluding tert-OH is 1. The molecule has 1 heteroatoms. The van der Waals surface area contributed by atoms with E-state index in [0.717, 1.165) is 30.1 Å². The summed E-state index contributed by atoms with van der Waals surface area (Å²) in [5.74, 6) is 3.50. The first-order valence-corrected chi connectivity index (χ1v) is 8.91. The van der Waals surface area contributed by atoms with Gasteiger partial charge in [-0.1, -0.05) is 26.0 Å². The summed E-state index contributed by atoms with van der Waals surface area (Å²) in [4.78, 5) is 0. The highest BCUT2D eigenvalue weighted by Gasteiger charge is 2.58. The maximum absolute atomic E-state index is 10.5. The molecule has 0 amide bonds. The molecule has 0 radical (unpaired) electrons. The lowest BCUT2D eigenvalue weighted by Gasteiger charge is -2.58. The molecule has 0 bridgehead atoms. The fraction of sp³-hybridized carbons (Fsp3) is 0.895. The molecule has 3 fully saturated rings. The van der Waals surface area contributed by atoms with Crippen LogP contribution < -0.4 is 0 Å². The van der Waals surface area contributed by atoms with Gasteiger partial charge in [-0.3, -0.25) is 0 Å². The fourth-order valence-electron chi connectivity index (χ4n) is 6.79. The zero-order valence-electron chi connectivity index (χ0n) is 13.1. The number of fused-ring (bicyclic) bond motifs is 5. The SMILES string of the molecule is CC12C=CCCC1CCC1C2CCC2(C)C(O)CCC12. The van der Waals surface area contributed by atoms with Crippen molar-refractivity contribution in [2.75, 3.05) is 0 Å². The van der Waals surface area contributed by atoms with E-state index in [0.29, 0.717) is 5.41 Å². The maximum atomic E-state index is 10.5. The van der Waals surface area contributed by atoms with Gasteiger partial charge >= 0.3 is 0 Å². The monoisotopic (exact) mass is 274 g/mol. The van der Waals surface area contributed by atoms with Crippen molar-refractivity contribution in [1.29, 1.82) is 0 Å². The second-order valence-electron chi connectivity index (χ2n) is 8.63. The number of rotatable bonds is 0. The Bertz CT molecular complexity index is 427. The van der Waals surface area contributed by atoms with E-state index in [1.165, 1.54) is 44.9 Å². The van der Waals surface area contributed by atoms with Gasteiger partial charge in [0.1, 0.15) is 0 Å². The summed E-state index contributed by atoms with van der Waals surface area (Å²) in [6, 6.07) is 0. The summed E-state index contributed by atoms with van der Waals surface area (Å²) in [7, 11) is 0. The predicted octanol–water partition coefficient (Wildman–Crippen LogP) is 4.56. The van der Waals surface area contributed by atoms with E-state index in [1.54, 1.807) is 0 Å². The number of hydrogen-bond donors (Lipinski definition) is 1. The second-order valence-corrected chi connectivity index (χ2v) is 8.63. The van der Waals surface area contributed by atoms with E-state index in [1.807, 2.05) is 0 Å². The van der Waals surface area contributed by atoms with Gasteiger partial charge in [-0.25, -0.2) is 0 Å². The summed E-state index contributed by atoms with van der Waals surface area (Å²) >= 11 is 0. The third-order valence-corrected chi connectivity index (χ3v) is 8.07. The molecule has 1 nitrogen and oxygen atoms in total. The average Bonchev–Trinajstić information content (AvgIpc) is 2.74. The molecule has 7 atom stereocenters. The standard InChI is InChI=1S/C19H30O/c1-18-11-4-3-5-13(18)6-7-14-15-8-9-17(20)19(15,2)12-10-16(14)18/h4,11,13-17,20H,3,5-10,12H2,1-2H3. The Morgan fingerprint density at radius 3 is 2.65 bits per heavy atom. The Labute approximate surface area is 123 Å². The number of aliphatic hydroxyl groups is 1. The second kappa shape index (κ2) is 4.35. The topological polar surface area (TPSA) is 20.2 Å². The Kier molecular flexibility index (Phi) is 2.91. The number of hydrogen-bond acceptors (Lipinski definition) is 1.